The van der Waals surface area contributed by atoms with Gasteiger partial charge in [0.2, 0.25) is 0 Å². The summed E-state index contributed by atoms with van der Waals surface area (Å²) in [6.45, 7) is 2.74. The first-order valence-corrected chi connectivity index (χ1v) is 7.09. The van der Waals surface area contributed by atoms with Gasteiger partial charge in [-0.05, 0) is 24.6 Å². The normalized spacial score (nSPS) is 11.5. The molecule has 1 aromatic carbocycles. The minimum absolute atomic E-state index is 0.123. The van der Waals surface area contributed by atoms with Crippen molar-refractivity contribution in [2.45, 2.75) is 25.9 Å². The van der Waals surface area contributed by atoms with Gasteiger partial charge in [0.05, 0.1) is 12.2 Å². The second kappa shape index (κ2) is 7.61. The maximum absolute atomic E-state index is 13.1. The minimum Gasteiger partial charge on any atom is -0.395 e. The Labute approximate surface area is 127 Å². The van der Waals surface area contributed by atoms with Crippen molar-refractivity contribution in [2.24, 2.45) is 5.73 Å². The molecule has 0 atom stereocenters. The van der Waals surface area contributed by atoms with Crippen LogP contribution in [0.5, 0.6) is 0 Å². The van der Waals surface area contributed by atoms with Gasteiger partial charge in [-0.2, -0.15) is 13.2 Å². The van der Waals surface area contributed by atoms with Crippen LogP contribution in [0.25, 0.3) is 0 Å². The maximum atomic E-state index is 13.1. The van der Waals surface area contributed by atoms with E-state index in [4.69, 9.17) is 10.8 Å². The van der Waals surface area contributed by atoms with Crippen LogP contribution in [0, 0.1) is 0 Å². The van der Waals surface area contributed by atoms with Crippen molar-refractivity contribution in [3.05, 3.63) is 29.3 Å². The van der Waals surface area contributed by atoms with E-state index in [9.17, 15) is 13.2 Å². The van der Waals surface area contributed by atoms with E-state index in [0.29, 0.717) is 12.2 Å². The summed E-state index contributed by atoms with van der Waals surface area (Å²) in [6, 6.07) is 3.88. The summed E-state index contributed by atoms with van der Waals surface area (Å²) in [5, 5.41) is 9.06. The number of rotatable bonds is 7. The van der Waals surface area contributed by atoms with Gasteiger partial charge in [0.25, 0.3) is 0 Å². The van der Waals surface area contributed by atoms with Gasteiger partial charge in [0.1, 0.15) is 4.99 Å². The molecule has 0 radical (unpaired) electrons. The van der Waals surface area contributed by atoms with Crippen LogP contribution in [0.1, 0.15) is 30.9 Å². The fourth-order valence-corrected chi connectivity index (χ4v) is 2.20. The maximum Gasteiger partial charge on any atom is 0.417 e. The fourth-order valence-electron chi connectivity index (χ4n) is 2.02. The van der Waals surface area contributed by atoms with Gasteiger partial charge in [0.15, 0.2) is 0 Å². The molecule has 1 rings (SSSR count). The summed E-state index contributed by atoms with van der Waals surface area (Å²) < 4.78 is 39.3. The Morgan fingerprint density at radius 3 is 2.48 bits per heavy atom. The lowest BCUT2D eigenvalue weighted by Gasteiger charge is -2.25. The number of nitrogens with two attached hydrogens (primary N) is 1. The van der Waals surface area contributed by atoms with Crippen LogP contribution in [0.3, 0.4) is 0 Å². The van der Waals surface area contributed by atoms with Crippen LogP contribution >= 0.6 is 12.2 Å². The van der Waals surface area contributed by atoms with E-state index in [1.165, 1.54) is 6.07 Å². The third-order valence-electron chi connectivity index (χ3n) is 3.09. The van der Waals surface area contributed by atoms with E-state index in [2.05, 4.69) is 12.2 Å². The van der Waals surface area contributed by atoms with Gasteiger partial charge >= 0.3 is 6.18 Å². The second-order valence-electron chi connectivity index (χ2n) is 4.66. The monoisotopic (exact) mass is 320 g/mol. The van der Waals surface area contributed by atoms with Gasteiger partial charge < -0.3 is 15.7 Å². The lowest BCUT2D eigenvalue weighted by atomic mass is 10.1. The van der Waals surface area contributed by atoms with Crippen molar-refractivity contribution < 1.29 is 18.3 Å². The van der Waals surface area contributed by atoms with Crippen molar-refractivity contribution in [1.82, 2.24) is 0 Å². The van der Waals surface area contributed by atoms with Crippen LogP contribution in [-0.4, -0.2) is 29.8 Å². The molecule has 0 aliphatic heterocycles. The smallest absolute Gasteiger partial charge is 0.395 e. The number of nitrogens with zero attached hydrogens (tertiary/aromatic N) is 1. The van der Waals surface area contributed by atoms with Crippen LogP contribution < -0.4 is 10.6 Å². The Morgan fingerprint density at radius 2 is 2.00 bits per heavy atom. The molecule has 7 heteroatoms. The van der Waals surface area contributed by atoms with Crippen LogP contribution in [0.2, 0.25) is 0 Å². The molecule has 3 nitrogen and oxygen atoms in total. The third kappa shape index (κ3) is 4.86. The quantitative estimate of drug-likeness (QED) is 0.759. The summed E-state index contributed by atoms with van der Waals surface area (Å²) in [6.07, 6.45) is -2.78. The molecule has 118 valence electrons. The van der Waals surface area contributed by atoms with E-state index in [1.54, 1.807) is 11.0 Å². The Morgan fingerprint density at radius 1 is 1.33 bits per heavy atom. The summed E-state index contributed by atoms with van der Waals surface area (Å²) in [5.74, 6) is 0. The van der Waals surface area contributed by atoms with Gasteiger partial charge in [-0.25, -0.2) is 0 Å². The van der Waals surface area contributed by atoms with E-state index >= 15 is 0 Å². The van der Waals surface area contributed by atoms with Crippen molar-refractivity contribution in [3.8, 4) is 0 Å². The molecule has 0 saturated heterocycles. The van der Waals surface area contributed by atoms with Crippen LogP contribution in [0.15, 0.2) is 18.2 Å². The molecule has 0 saturated carbocycles. The number of hydrogen-bond acceptors (Lipinski definition) is 3. The topological polar surface area (TPSA) is 49.5 Å². The Kier molecular flexibility index (Phi) is 6.42. The number of aliphatic hydroxyl groups excluding tert-OH is 1. The van der Waals surface area contributed by atoms with Crippen LogP contribution in [-0.2, 0) is 6.18 Å². The Balaban J connectivity index is 3.21. The number of unbranched alkanes of at least 4 members (excludes halogenated alkanes) is 1. The highest BCUT2D eigenvalue weighted by atomic mass is 32.1. The molecule has 21 heavy (non-hydrogen) atoms. The zero-order chi connectivity index (χ0) is 16.0. The summed E-state index contributed by atoms with van der Waals surface area (Å²) in [5.41, 5.74) is 4.74. The average Bonchev–Trinajstić information content (AvgIpc) is 2.41. The van der Waals surface area contributed by atoms with Crippen LogP contribution in [0.4, 0.5) is 18.9 Å². The van der Waals surface area contributed by atoms with Gasteiger partial charge in [-0.15, -0.1) is 0 Å². The number of aliphatic hydroxyl groups is 1. The Bertz CT molecular complexity index is 492. The number of benzene rings is 1. The molecular formula is C14H19F3N2OS. The molecule has 0 aliphatic carbocycles. The van der Waals surface area contributed by atoms with Crippen molar-refractivity contribution >= 4 is 22.9 Å². The van der Waals surface area contributed by atoms with Gasteiger partial charge in [-0.1, -0.05) is 25.6 Å². The zero-order valence-electron chi connectivity index (χ0n) is 11.8. The van der Waals surface area contributed by atoms with Gasteiger partial charge in [0, 0.05) is 24.3 Å². The second-order valence-corrected chi connectivity index (χ2v) is 5.10. The molecule has 3 N–H and O–H groups in total. The average molecular weight is 320 g/mol. The summed E-state index contributed by atoms with van der Waals surface area (Å²) in [4.78, 5) is 1.44. The number of anilines is 1. The molecule has 0 aliphatic rings. The molecule has 0 bridgehead atoms. The number of thiocarbonyl (C=S) groups is 1. The molecular weight excluding hydrogens is 301 g/mol. The molecule has 1 aromatic rings. The molecule has 0 fully saturated rings. The number of alkyl halides is 3. The minimum atomic E-state index is -4.52. The highest BCUT2D eigenvalue weighted by Gasteiger charge is 2.34. The fraction of sp³-hybridized carbons (Fsp3) is 0.500. The predicted molar refractivity (Wildman–Crippen MR) is 81.5 cm³/mol. The number of hydrogen-bond donors (Lipinski definition) is 2. The highest BCUT2D eigenvalue weighted by molar-refractivity contribution is 7.80. The van der Waals surface area contributed by atoms with E-state index < -0.39 is 11.7 Å². The van der Waals surface area contributed by atoms with Crippen molar-refractivity contribution in [2.75, 3.05) is 24.6 Å². The molecule has 0 aromatic heterocycles. The summed E-state index contributed by atoms with van der Waals surface area (Å²) in [7, 11) is 0. The SMILES string of the molecule is CCCCN(CCO)c1ccc(C(N)=S)c(C(F)(F)F)c1. The van der Waals surface area contributed by atoms with Crippen molar-refractivity contribution in [3.63, 3.8) is 0 Å². The molecule has 0 heterocycles. The number of halogens is 3. The lowest BCUT2D eigenvalue weighted by molar-refractivity contribution is -0.137. The van der Waals surface area contributed by atoms with E-state index in [1.807, 2.05) is 6.92 Å². The molecule has 0 amide bonds. The Hall–Kier alpha value is -1.34. The molecule has 0 unspecified atom stereocenters. The van der Waals surface area contributed by atoms with Crippen molar-refractivity contribution in [1.29, 1.82) is 0 Å². The first-order chi connectivity index (χ1) is 9.81. The van der Waals surface area contributed by atoms with E-state index in [0.717, 1.165) is 18.9 Å². The first-order valence-electron chi connectivity index (χ1n) is 6.68. The largest absolute Gasteiger partial charge is 0.417 e. The third-order valence-corrected chi connectivity index (χ3v) is 3.31. The summed E-state index contributed by atoms with van der Waals surface area (Å²) >= 11 is 4.67. The zero-order valence-corrected chi connectivity index (χ0v) is 12.6. The predicted octanol–water partition coefficient (Wildman–Crippen LogP) is 2.94. The van der Waals surface area contributed by atoms with E-state index in [-0.39, 0.29) is 23.7 Å². The molecule has 0 spiro atoms. The first kappa shape index (κ1) is 17.7. The van der Waals surface area contributed by atoms with Gasteiger partial charge in [-0.3, -0.25) is 0 Å². The lowest BCUT2D eigenvalue weighted by Crippen LogP contribution is -2.28. The highest BCUT2D eigenvalue weighted by Crippen LogP contribution is 2.34. The standard InChI is InChI=1S/C14H19F3N2OS/c1-2-3-6-19(7-8-20)10-4-5-11(13(18)21)12(9-10)14(15,16)17/h4-5,9,20H,2-3,6-8H2,1H3,(H2,18,21).